The Bertz CT molecular complexity index is 583. The predicted octanol–water partition coefficient (Wildman–Crippen LogP) is 2.74. The average Bonchev–Trinajstić information content (AvgIpc) is 3.21. The van der Waals surface area contributed by atoms with Crippen molar-refractivity contribution in [3.05, 3.63) is 29.6 Å². The van der Waals surface area contributed by atoms with Crippen molar-refractivity contribution in [1.82, 2.24) is 5.32 Å². The summed E-state index contributed by atoms with van der Waals surface area (Å²) in [6.45, 7) is -0.381. The second-order valence-electron chi connectivity index (χ2n) is 5.14. The molecule has 0 saturated heterocycles. The number of anilines is 1. The Morgan fingerprint density at radius 2 is 1.91 bits per heavy atom. The van der Waals surface area contributed by atoms with E-state index < -0.39 is 24.3 Å². The number of hydrogen-bond acceptors (Lipinski definition) is 2. The molecule has 120 valence electrons. The lowest BCUT2D eigenvalue weighted by Gasteiger charge is -2.10. The average molecular weight is 318 g/mol. The van der Waals surface area contributed by atoms with E-state index in [0.29, 0.717) is 5.69 Å². The van der Waals surface area contributed by atoms with Crippen LogP contribution in [0, 0.1) is 11.7 Å². The third-order valence-corrected chi connectivity index (χ3v) is 3.10. The van der Waals surface area contributed by atoms with Crippen LogP contribution in [0.3, 0.4) is 0 Å². The van der Waals surface area contributed by atoms with E-state index in [1.807, 2.05) is 5.32 Å². The molecule has 1 aliphatic rings. The Balaban J connectivity index is 1.94. The van der Waals surface area contributed by atoms with Crippen molar-refractivity contribution < 1.29 is 27.2 Å². The Kier molecular flexibility index (Phi) is 4.68. The highest BCUT2D eigenvalue weighted by Gasteiger charge is 2.31. The largest absolute Gasteiger partial charge is 0.397 e. The zero-order chi connectivity index (χ0) is 16.3. The Morgan fingerprint density at radius 1 is 1.23 bits per heavy atom. The summed E-state index contributed by atoms with van der Waals surface area (Å²) < 4.78 is 49.6. The monoisotopic (exact) mass is 318 g/mol. The zero-order valence-corrected chi connectivity index (χ0v) is 11.5. The fraction of sp³-hybridized carbons (Fsp3) is 0.429. The van der Waals surface area contributed by atoms with Crippen LogP contribution >= 0.6 is 0 Å². The number of halogens is 4. The molecule has 0 heterocycles. The fourth-order valence-corrected chi connectivity index (χ4v) is 1.82. The first kappa shape index (κ1) is 16.3. The highest BCUT2D eigenvalue weighted by atomic mass is 19.4. The maximum absolute atomic E-state index is 13.6. The molecule has 0 aliphatic heterocycles. The topological polar surface area (TPSA) is 58.2 Å². The minimum absolute atomic E-state index is 0.00382. The number of amides is 2. The molecule has 1 aromatic rings. The molecule has 1 saturated carbocycles. The lowest BCUT2D eigenvalue weighted by atomic mass is 10.1. The van der Waals surface area contributed by atoms with Gasteiger partial charge >= 0.3 is 6.18 Å². The van der Waals surface area contributed by atoms with Crippen molar-refractivity contribution >= 4 is 17.5 Å². The summed E-state index contributed by atoms with van der Waals surface area (Å²) in [5, 5.41) is 4.60. The van der Waals surface area contributed by atoms with Crippen LogP contribution in [0.2, 0.25) is 0 Å². The van der Waals surface area contributed by atoms with Gasteiger partial charge in [-0.3, -0.25) is 9.59 Å². The third-order valence-electron chi connectivity index (χ3n) is 3.10. The van der Waals surface area contributed by atoms with E-state index in [-0.39, 0.29) is 23.9 Å². The van der Waals surface area contributed by atoms with E-state index in [1.54, 1.807) is 0 Å². The molecule has 1 fully saturated rings. The summed E-state index contributed by atoms with van der Waals surface area (Å²) in [4.78, 5) is 22.7. The minimum Gasteiger partial charge on any atom is -0.352 e. The fourth-order valence-electron chi connectivity index (χ4n) is 1.82. The van der Waals surface area contributed by atoms with Crippen LogP contribution in [0.15, 0.2) is 18.2 Å². The van der Waals surface area contributed by atoms with Gasteiger partial charge < -0.3 is 10.6 Å². The number of benzene rings is 1. The zero-order valence-electron chi connectivity index (χ0n) is 11.5. The van der Waals surface area contributed by atoms with Gasteiger partial charge in [-0.2, -0.15) is 13.2 Å². The van der Waals surface area contributed by atoms with Gasteiger partial charge in [0.25, 0.3) is 0 Å². The van der Waals surface area contributed by atoms with E-state index in [9.17, 15) is 27.2 Å². The van der Waals surface area contributed by atoms with E-state index >= 15 is 0 Å². The standard InChI is InChI=1S/C14H14F4N2O2/c15-11-4-3-10(20-13(22)8-1-2-8)5-9(11)7-19-12(21)6-14(16,17)18/h3-5,8H,1-2,6-7H2,(H,19,21)(H,20,22). The van der Waals surface area contributed by atoms with Crippen LogP contribution < -0.4 is 10.6 Å². The molecule has 0 unspecified atom stereocenters. The molecule has 8 heteroatoms. The van der Waals surface area contributed by atoms with Gasteiger partial charge in [0.1, 0.15) is 12.2 Å². The molecule has 2 N–H and O–H groups in total. The van der Waals surface area contributed by atoms with Gasteiger partial charge in [-0.25, -0.2) is 4.39 Å². The summed E-state index contributed by atoms with van der Waals surface area (Å²) in [6, 6.07) is 3.74. The van der Waals surface area contributed by atoms with Crippen molar-refractivity contribution in [1.29, 1.82) is 0 Å². The maximum Gasteiger partial charge on any atom is 0.397 e. The Hall–Kier alpha value is -2.12. The smallest absolute Gasteiger partial charge is 0.352 e. The highest BCUT2D eigenvalue weighted by molar-refractivity contribution is 5.94. The quantitative estimate of drug-likeness (QED) is 0.820. The van der Waals surface area contributed by atoms with Gasteiger partial charge in [0, 0.05) is 23.7 Å². The van der Waals surface area contributed by atoms with Gasteiger partial charge in [-0.05, 0) is 31.0 Å². The van der Waals surface area contributed by atoms with Crippen molar-refractivity contribution in [3.63, 3.8) is 0 Å². The number of nitrogens with one attached hydrogen (secondary N) is 2. The van der Waals surface area contributed by atoms with Gasteiger partial charge in [0.05, 0.1) is 0 Å². The molecular formula is C14H14F4N2O2. The molecule has 1 aromatic carbocycles. The molecule has 2 amide bonds. The first-order valence-corrected chi connectivity index (χ1v) is 6.67. The summed E-state index contributed by atoms with van der Waals surface area (Å²) in [5.41, 5.74) is 0.350. The number of carbonyl (C=O) groups is 2. The van der Waals surface area contributed by atoms with Crippen LogP contribution in [-0.2, 0) is 16.1 Å². The lowest BCUT2D eigenvalue weighted by molar-refractivity contribution is -0.153. The first-order valence-electron chi connectivity index (χ1n) is 6.67. The summed E-state index contributed by atoms with van der Waals surface area (Å²) in [6.07, 6.45) is -4.60. The van der Waals surface area contributed by atoms with Crippen LogP contribution in [0.4, 0.5) is 23.2 Å². The van der Waals surface area contributed by atoms with Crippen LogP contribution in [-0.4, -0.2) is 18.0 Å². The highest BCUT2D eigenvalue weighted by Crippen LogP contribution is 2.30. The summed E-state index contributed by atoms with van der Waals surface area (Å²) in [5.74, 6) is -2.10. The Labute approximate surface area is 123 Å². The van der Waals surface area contributed by atoms with Crippen molar-refractivity contribution in [2.24, 2.45) is 5.92 Å². The van der Waals surface area contributed by atoms with Crippen molar-refractivity contribution in [3.8, 4) is 0 Å². The molecule has 4 nitrogen and oxygen atoms in total. The molecule has 1 aliphatic carbocycles. The molecule has 2 rings (SSSR count). The van der Waals surface area contributed by atoms with Crippen LogP contribution in [0.5, 0.6) is 0 Å². The molecule has 0 bridgehead atoms. The first-order chi connectivity index (χ1) is 10.2. The molecule has 0 radical (unpaired) electrons. The summed E-state index contributed by atoms with van der Waals surface area (Å²) in [7, 11) is 0. The van der Waals surface area contributed by atoms with Gasteiger partial charge in [0.2, 0.25) is 11.8 Å². The predicted molar refractivity (Wildman–Crippen MR) is 70.3 cm³/mol. The molecule has 0 atom stereocenters. The Morgan fingerprint density at radius 3 is 2.50 bits per heavy atom. The molecule has 22 heavy (non-hydrogen) atoms. The van der Waals surface area contributed by atoms with E-state index in [1.165, 1.54) is 12.1 Å². The minimum atomic E-state index is -4.61. The van der Waals surface area contributed by atoms with Gasteiger partial charge in [0.15, 0.2) is 0 Å². The third kappa shape index (κ3) is 5.01. The maximum atomic E-state index is 13.6. The van der Waals surface area contributed by atoms with E-state index in [2.05, 4.69) is 5.32 Å². The molecular weight excluding hydrogens is 304 g/mol. The van der Waals surface area contributed by atoms with Crippen molar-refractivity contribution in [2.45, 2.75) is 32.0 Å². The number of rotatable bonds is 5. The summed E-state index contributed by atoms with van der Waals surface area (Å²) >= 11 is 0. The van der Waals surface area contributed by atoms with Crippen LogP contribution in [0.1, 0.15) is 24.8 Å². The molecule has 0 aromatic heterocycles. The normalized spacial score (nSPS) is 14.5. The number of carbonyl (C=O) groups excluding carboxylic acids is 2. The van der Waals surface area contributed by atoms with E-state index in [4.69, 9.17) is 0 Å². The van der Waals surface area contributed by atoms with Crippen molar-refractivity contribution in [2.75, 3.05) is 5.32 Å². The number of hydrogen-bond donors (Lipinski definition) is 2. The second-order valence-corrected chi connectivity index (χ2v) is 5.14. The lowest BCUT2D eigenvalue weighted by Crippen LogP contribution is -2.28. The number of alkyl halides is 3. The van der Waals surface area contributed by atoms with E-state index in [0.717, 1.165) is 18.9 Å². The van der Waals surface area contributed by atoms with Gasteiger partial charge in [-0.1, -0.05) is 0 Å². The second kappa shape index (κ2) is 6.33. The van der Waals surface area contributed by atoms with Gasteiger partial charge in [-0.15, -0.1) is 0 Å². The SMILES string of the molecule is O=C(CC(F)(F)F)NCc1cc(NC(=O)C2CC2)ccc1F. The molecule has 0 spiro atoms. The van der Waals surface area contributed by atoms with Crippen LogP contribution in [0.25, 0.3) is 0 Å².